The van der Waals surface area contributed by atoms with E-state index in [9.17, 15) is 15.0 Å². The van der Waals surface area contributed by atoms with Crippen molar-refractivity contribution < 1.29 is 15.0 Å². The molecule has 0 saturated heterocycles. The summed E-state index contributed by atoms with van der Waals surface area (Å²) in [5, 5.41) is 22.9. The van der Waals surface area contributed by atoms with E-state index in [1.807, 2.05) is 6.08 Å². The molecule has 2 unspecified atom stereocenters. The Balaban J connectivity index is 3.70. The molecule has 3 N–H and O–H groups in total. The molecule has 0 bridgehead atoms. The number of unbranched alkanes of at least 4 members (excludes halogenated alkanes) is 22. The van der Waals surface area contributed by atoms with Gasteiger partial charge in [-0.15, -0.1) is 0 Å². The van der Waals surface area contributed by atoms with E-state index < -0.39 is 12.1 Å². The van der Waals surface area contributed by atoms with Gasteiger partial charge in [0.1, 0.15) is 0 Å². The van der Waals surface area contributed by atoms with E-state index in [2.05, 4.69) is 55.6 Å². The molecule has 0 saturated carbocycles. The molecular weight excluding hydrogens is 566 g/mol. The number of aliphatic hydroxyl groups excluding tert-OH is 2. The zero-order chi connectivity index (χ0) is 33.6. The molecule has 0 radical (unpaired) electrons. The smallest absolute Gasteiger partial charge is 0.220 e. The molecule has 268 valence electrons. The Hall–Kier alpha value is -1.65. The Bertz CT molecular complexity index is 741. The quantitative estimate of drug-likeness (QED) is 0.0475. The largest absolute Gasteiger partial charge is 0.394 e. The Morgan fingerprint density at radius 2 is 0.848 bits per heavy atom. The molecule has 4 heteroatoms. The minimum Gasteiger partial charge on any atom is -0.394 e. The lowest BCUT2D eigenvalue weighted by atomic mass is 10.1. The number of nitrogens with one attached hydrogen (secondary N) is 1. The van der Waals surface area contributed by atoms with E-state index in [1.54, 1.807) is 6.08 Å². The summed E-state index contributed by atoms with van der Waals surface area (Å²) in [4.78, 5) is 12.3. The summed E-state index contributed by atoms with van der Waals surface area (Å²) in [5.74, 6) is -0.0964. The van der Waals surface area contributed by atoms with E-state index >= 15 is 0 Å². The normalized spacial score (nSPS) is 13.6. The highest BCUT2D eigenvalue weighted by atomic mass is 16.3. The lowest BCUT2D eigenvalue weighted by Crippen LogP contribution is -2.45. The Labute approximate surface area is 286 Å². The fourth-order valence-electron chi connectivity index (χ4n) is 5.67. The van der Waals surface area contributed by atoms with E-state index in [0.29, 0.717) is 6.42 Å². The maximum Gasteiger partial charge on any atom is 0.220 e. The van der Waals surface area contributed by atoms with Crippen LogP contribution in [0.15, 0.2) is 48.6 Å². The number of rotatable bonds is 35. The van der Waals surface area contributed by atoms with Crippen LogP contribution in [-0.2, 0) is 4.79 Å². The van der Waals surface area contributed by atoms with Crippen LogP contribution in [0.2, 0.25) is 0 Å². The average molecular weight is 644 g/mol. The van der Waals surface area contributed by atoms with Crippen LogP contribution in [0.1, 0.15) is 194 Å². The van der Waals surface area contributed by atoms with Crippen LogP contribution >= 0.6 is 0 Å². The Kier molecular flexibility index (Phi) is 36.4. The van der Waals surface area contributed by atoms with Gasteiger partial charge >= 0.3 is 0 Å². The molecule has 0 aliphatic heterocycles. The zero-order valence-corrected chi connectivity index (χ0v) is 30.6. The van der Waals surface area contributed by atoms with Crippen molar-refractivity contribution in [2.24, 2.45) is 0 Å². The molecule has 0 fully saturated rings. The van der Waals surface area contributed by atoms with Gasteiger partial charge in [0.2, 0.25) is 5.91 Å². The van der Waals surface area contributed by atoms with E-state index in [-0.39, 0.29) is 12.5 Å². The van der Waals surface area contributed by atoms with Gasteiger partial charge in [-0.3, -0.25) is 4.79 Å². The second-order valence-corrected chi connectivity index (χ2v) is 13.3. The van der Waals surface area contributed by atoms with Crippen LogP contribution in [-0.4, -0.2) is 34.9 Å². The molecule has 1 amide bonds. The molecular formula is C42H77NO3. The van der Waals surface area contributed by atoms with Gasteiger partial charge in [0.25, 0.3) is 0 Å². The van der Waals surface area contributed by atoms with E-state index in [0.717, 1.165) is 51.4 Å². The summed E-state index contributed by atoms with van der Waals surface area (Å²) in [7, 11) is 0. The van der Waals surface area contributed by atoms with Gasteiger partial charge in [0.05, 0.1) is 18.8 Å². The van der Waals surface area contributed by atoms with Crippen molar-refractivity contribution >= 4 is 5.91 Å². The lowest BCUT2D eigenvalue weighted by molar-refractivity contribution is -0.123. The first-order valence-electron chi connectivity index (χ1n) is 19.9. The predicted molar refractivity (Wildman–Crippen MR) is 202 cm³/mol. The fraction of sp³-hybridized carbons (Fsp3) is 0.786. The third kappa shape index (κ3) is 33.7. The third-order valence-electron chi connectivity index (χ3n) is 8.76. The summed E-state index contributed by atoms with van der Waals surface area (Å²) in [6, 6.07) is -0.652. The first-order valence-corrected chi connectivity index (χ1v) is 19.9. The average Bonchev–Trinajstić information content (AvgIpc) is 3.06. The summed E-state index contributed by atoms with van der Waals surface area (Å²) in [6.07, 6.45) is 50.6. The molecule has 0 aromatic rings. The minimum atomic E-state index is -0.875. The second kappa shape index (κ2) is 37.8. The van der Waals surface area contributed by atoms with Crippen LogP contribution in [0.4, 0.5) is 0 Å². The molecule has 46 heavy (non-hydrogen) atoms. The number of hydrogen-bond acceptors (Lipinski definition) is 3. The van der Waals surface area contributed by atoms with Gasteiger partial charge in [-0.25, -0.2) is 0 Å². The zero-order valence-electron chi connectivity index (χ0n) is 30.6. The van der Waals surface area contributed by atoms with E-state index in [4.69, 9.17) is 0 Å². The van der Waals surface area contributed by atoms with E-state index in [1.165, 1.54) is 122 Å². The highest BCUT2D eigenvalue weighted by Gasteiger charge is 2.17. The highest BCUT2D eigenvalue weighted by molar-refractivity contribution is 5.76. The maximum atomic E-state index is 12.3. The molecule has 0 rings (SSSR count). The SMILES string of the molecule is CCCCCCCC/C=C\CCCCCC(=O)NC(CO)C(O)/C=C/CC/C=C/CC/C=C/CCCCCCCCCCCCC. The van der Waals surface area contributed by atoms with Crippen LogP contribution in [0.3, 0.4) is 0 Å². The van der Waals surface area contributed by atoms with Crippen LogP contribution in [0.25, 0.3) is 0 Å². The van der Waals surface area contributed by atoms with Crippen LogP contribution in [0.5, 0.6) is 0 Å². The van der Waals surface area contributed by atoms with Crippen molar-refractivity contribution in [3.05, 3.63) is 48.6 Å². The fourth-order valence-corrected chi connectivity index (χ4v) is 5.67. The lowest BCUT2D eigenvalue weighted by Gasteiger charge is -2.19. The van der Waals surface area contributed by atoms with Gasteiger partial charge in [0.15, 0.2) is 0 Å². The van der Waals surface area contributed by atoms with Crippen LogP contribution in [0, 0.1) is 0 Å². The molecule has 0 aromatic carbocycles. The molecule has 0 aliphatic carbocycles. The molecule has 0 spiro atoms. The van der Waals surface area contributed by atoms with Gasteiger partial charge in [0, 0.05) is 6.42 Å². The van der Waals surface area contributed by atoms with Crippen molar-refractivity contribution in [2.45, 2.75) is 206 Å². The molecule has 0 aliphatic rings. The number of carbonyl (C=O) groups excluding carboxylic acids is 1. The second-order valence-electron chi connectivity index (χ2n) is 13.3. The van der Waals surface area contributed by atoms with Crippen molar-refractivity contribution in [1.29, 1.82) is 0 Å². The van der Waals surface area contributed by atoms with Gasteiger partial charge in [-0.1, -0.05) is 165 Å². The number of carbonyl (C=O) groups is 1. The monoisotopic (exact) mass is 644 g/mol. The maximum absolute atomic E-state index is 12.3. The highest BCUT2D eigenvalue weighted by Crippen LogP contribution is 2.13. The number of aliphatic hydroxyl groups is 2. The molecule has 2 atom stereocenters. The molecule has 0 aromatic heterocycles. The van der Waals surface area contributed by atoms with Crippen molar-refractivity contribution in [1.82, 2.24) is 5.32 Å². The summed E-state index contributed by atoms with van der Waals surface area (Å²) < 4.78 is 0. The Morgan fingerprint density at radius 1 is 0.500 bits per heavy atom. The van der Waals surface area contributed by atoms with Crippen molar-refractivity contribution in [3.63, 3.8) is 0 Å². The molecule has 0 heterocycles. The van der Waals surface area contributed by atoms with Crippen molar-refractivity contribution in [3.8, 4) is 0 Å². The number of allylic oxidation sites excluding steroid dienone is 7. The first-order chi connectivity index (χ1) is 22.7. The molecule has 4 nitrogen and oxygen atoms in total. The number of amides is 1. The third-order valence-corrected chi connectivity index (χ3v) is 8.76. The number of hydrogen-bond donors (Lipinski definition) is 3. The summed E-state index contributed by atoms with van der Waals surface area (Å²) in [5.41, 5.74) is 0. The van der Waals surface area contributed by atoms with Crippen LogP contribution < -0.4 is 5.32 Å². The standard InChI is InChI=1S/C42H77NO3/c1-3-5-7-9-11-13-15-17-18-19-20-21-22-23-24-26-27-29-31-33-35-37-41(45)40(39-44)43-42(46)38-36-34-32-30-28-25-16-14-12-10-8-6-4-2/h22-23,25,27-29,35,37,40-41,44-45H,3-21,24,26,30-34,36,38-39H2,1-2H3,(H,43,46)/b23-22+,28-25-,29-27+,37-35+. The summed E-state index contributed by atoms with van der Waals surface area (Å²) >= 11 is 0. The van der Waals surface area contributed by atoms with Gasteiger partial charge in [-0.05, 0) is 70.6 Å². The van der Waals surface area contributed by atoms with Crippen molar-refractivity contribution in [2.75, 3.05) is 6.61 Å². The van der Waals surface area contributed by atoms with Gasteiger partial charge in [-0.2, -0.15) is 0 Å². The van der Waals surface area contributed by atoms with Gasteiger partial charge < -0.3 is 15.5 Å². The summed E-state index contributed by atoms with van der Waals surface area (Å²) in [6.45, 7) is 4.27. The Morgan fingerprint density at radius 3 is 1.26 bits per heavy atom. The topological polar surface area (TPSA) is 69.6 Å². The minimum absolute atomic E-state index is 0.0964. The first kappa shape index (κ1) is 44.4. The predicted octanol–water partition coefficient (Wildman–Crippen LogP) is 12.0.